The van der Waals surface area contributed by atoms with Crippen LogP contribution >= 0.6 is 11.8 Å². The van der Waals surface area contributed by atoms with Gasteiger partial charge in [-0.1, -0.05) is 30.0 Å². The summed E-state index contributed by atoms with van der Waals surface area (Å²) < 4.78 is 30.2. The zero-order chi connectivity index (χ0) is 20.1. The van der Waals surface area contributed by atoms with Crippen molar-refractivity contribution in [3.05, 3.63) is 53.6 Å². The molecule has 0 atom stereocenters. The number of hydrogen-bond acceptors (Lipinski definition) is 6. The van der Waals surface area contributed by atoms with Gasteiger partial charge in [-0.2, -0.15) is 13.5 Å². The van der Waals surface area contributed by atoms with Crippen LogP contribution in [-0.2, 0) is 4.79 Å². The number of tetrazole rings is 1. The highest BCUT2D eigenvalue weighted by molar-refractivity contribution is 7.99. The molecule has 3 rings (SSSR count). The minimum Gasteiger partial charge on any atom is -0.435 e. The van der Waals surface area contributed by atoms with Crippen LogP contribution < -0.4 is 10.1 Å². The van der Waals surface area contributed by atoms with Crippen molar-refractivity contribution in [1.29, 1.82) is 0 Å². The molecule has 0 aliphatic rings. The molecule has 1 heterocycles. The molecular weight excluding hydrogens is 388 g/mol. The summed E-state index contributed by atoms with van der Waals surface area (Å²) in [5.41, 5.74) is 3.39. The first kappa shape index (κ1) is 19.7. The van der Waals surface area contributed by atoms with Crippen molar-refractivity contribution in [1.82, 2.24) is 20.2 Å². The first-order chi connectivity index (χ1) is 13.4. The Balaban J connectivity index is 1.62. The summed E-state index contributed by atoms with van der Waals surface area (Å²) in [6, 6.07) is 11.6. The maximum atomic E-state index is 12.2. The minimum absolute atomic E-state index is 0.0233. The van der Waals surface area contributed by atoms with Crippen LogP contribution in [0.1, 0.15) is 11.1 Å². The molecule has 0 saturated heterocycles. The summed E-state index contributed by atoms with van der Waals surface area (Å²) in [5, 5.41) is 14.9. The van der Waals surface area contributed by atoms with Crippen molar-refractivity contribution in [3.63, 3.8) is 0 Å². The summed E-state index contributed by atoms with van der Waals surface area (Å²) in [4.78, 5) is 12.2. The highest BCUT2D eigenvalue weighted by Crippen LogP contribution is 2.24. The monoisotopic (exact) mass is 405 g/mol. The first-order valence-electron chi connectivity index (χ1n) is 8.26. The predicted molar refractivity (Wildman–Crippen MR) is 101 cm³/mol. The average Bonchev–Trinajstić information content (AvgIpc) is 3.09. The number of rotatable bonds is 7. The standard InChI is InChI=1S/C18H17F2N5O2S/c1-11-4-3-5-12(2)16(11)25-18(22-23-24-25)28-10-15(26)21-13-6-8-14(9-7-13)27-17(19)20/h3-9,17H,10H2,1-2H3,(H,21,26). The zero-order valence-electron chi connectivity index (χ0n) is 15.1. The Morgan fingerprint density at radius 2 is 1.86 bits per heavy atom. The summed E-state index contributed by atoms with van der Waals surface area (Å²) in [5.74, 6) is -0.167. The zero-order valence-corrected chi connectivity index (χ0v) is 15.9. The largest absolute Gasteiger partial charge is 0.435 e. The van der Waals surface area contributed by atoms with E-state index >= 15 is 0 Å². The van der Waals surface area contributed by atoms with Crippen LogP contribution in [-0.4, -0.2) is 38.5 Å². The number of hydrogen-bond donors (Lipinski definition) is 1. The number of ether oxygens (including phenoxy) is 1. The van der Waals surface area contributed by atoms with E-state index in [2.05, 4.69) is 25.6 Å². The lowest BCUT2D eigenvalue weighted by molar-refractivity contribution is -0.113. The SMILES string of the molecule is Cc1cccc(C)c1-n1nnnc1SCC(=O)Nc1ccc(OC(F)F)cc1. The number of para-hydroxylation sites is 1. The molecule has 0 bridgehead atoms. The van der Waals surface area contributed by atoms with E-state index in [9.17, 15) is 13.6 Å². The van der Waals surface area contributed by atoms with Gasteiger partial charge in [0.05, 0.1) is 11.4 Å². The normalized spacial score (nSPS) is 10.9. The van der Waals surface area contributed by atoms with Gasteiger partial charge in [0.15, 0.2) is 0 Å². The van der Waals surface area contributed by atoms with E-state index < -0.39 is 6.61 Å². The topological polar surface area (TPSA) is 81.9 Å². The molecule has 1 N–H and O–H groups in total. The van der Waals surface area contributed by atoms with E-state index in [4.69, 9.17) is 0 Å². The molecule has 10 heteroatoms. The molecule has 0 unspecified atom stereocenters. The molecule has 0 aliphatic carbocycles. The number of carbonyl (C=O) groups is 1. The number of nitrogens with one attached hydrogen (secondary N) is 1. The molecule has 0 aliphatic heterocycles. The van der Waals surface area contributed by atoms with Crippen LogP contribution in [0.3, 0.4) is 0 Å². The fourth-order valence-electron chi connectivity index (χ4n) is 2.60. The second-order valence-corrected chi connectivity index (χ2v) is 6.80. The molecule has 0 spiro atoms. The van der Waals surface area contributed by atoms with Crippen LogP contribution in [0.4, 0.5) is 14.5 Å². The molecule has 2 aromatic carbocycles. The molecule has 3 aromatic rings. The van der Waals surface area contributed by atoms with E-state index in [1.165, 1.54) is 36.0 Å². The van der Waals surface area contributed by atoms with E-state index in [1.54, 1.807) is 4.68 Å². The smallest absolute Gasteiger partial charge is 0.387 e. The van der Waals surface area contributed by atoms with E-state index in [1.807, 2.05) is 32.0 Å². The Morgan fingerprint density at radius 3 is 2.50 bits per heavy atom. The Morgan fingerprint density at radius 1 is 1.18 bits per heavy atom. The Kier molecular flexibility index (Phi) is 6.19. The number of benzene rings is 2. The maximum Gasteiger partial charge on any atom is 0.387 e. The number of aromatic nitrogens is 4. The number of carbonyl (C=O) groups excluding carboxylic acids is 1. The van der Waals surface area contributed by atoms with Gasteiger partial charge in [0.25, 0.3) is 0 Å². The lowest BCUT2D eigenvalue weighted by atomic mass is 10.1. The predicted octanol–water partition coefficient (Wildman–Crippen LogP) is 3.61. The Labute approximate surface area is 164 Å². The van der Waals surface area contributed by atoms with Crippen LogP contribution in [0.15, 0.2) is 47.6 Å². The van der Waals surface area contributed by atoms with Crippen molar-refractivity contribution in [2.45, 2.75) is 25.6 Å². The van der Waals surface area contributed by atoms with Gasteiger partial charge in [-0.3, -0.25) is 4.79 Å². The number of thioether (sulfide) groups is 1. The van der Waals surface area contributed by atoms with Gasteiger partial charge < -0.3 is 10.1 Å². The highest BCUT2D eigenvalue weighted by atomic mass is 32.2. The van der Waals surface area contributed by atoms with Crippen LogP contribution in [0.25, 0.3) is 5.69 Å². The number of halogens is 2. The van der Waals surface area contributed by atoms with Crippen molar-refractivity contribution in [2.75, 3.05) is 11.1 Å². The Bertz CT molecular complexity index is 943. The quantitative estimate of drug-likeness (QED) is 0.605. The lowest BCUT2D eigenvalue weighted by Crippen LogP contribution is -2.15. The second-order valence-electron chi connectivity index (χ2n) is 5.85. The van der Waals surface area contributed by atoms with Gasteiger partial charge in [0.2, 0.25) is 11.1 Å². The summed E-state index contributed by atoms with van der Waals surface area (Å²) >= 11 is 1.20. The molecule has 0 fully saturated rings. The highest BCUT2D eigenvalue weighted by Gasteiger charge is 2.15. The lowest BCUT2D eigenvalue weighted by Gasteiger charge is -2.10. The van der Waals surface area contributed by atoms with Gasteiger partial charge >= 0.3 is 6.61 Å². The molecular formula is C18H17F2N5O2S. The third-order valence-electron chi connectivity index (χ3n) is 3.79. The molecule has 146 valence electrons. The van der Waals surface area contributed by atoms with Crippen molar-refractivity contribution in [3.8, 4) is 11.4 Å². The fraction of sp³-hybridized carbons (Fsp3) is 0.222. The van der Waals surface area contributed by atoms with Crippen LogP contribution in [0.5, 0.6) is 5.75 Å². The van der Waals surface area contributed by atoms with E-state index in [0.29, 0.717) is 10.8 Å². The summed E-state index contributed by atoms with van der Waals surface area (Å²) in [6.45, 7) is 1.04. The molecule has 0 radical (unpaired) electrons. The fourth-order valence-corrected chi connectivity index (χ4v) is 3.27. The molecule has 7 nitrogen and oxygen atoms in total. The Hall–Kier alpha value is -3.01. The van der Waals surface area contributed by atoms with Crippen LogP contribution in [0, 0.1) is 13.8 Å². The maximum absolute atomic E-state index is 12.2. The van der Waals surface area contributed by atoms with E-state index in [-0.39, 0.29) is 17.4 Å². The second kappa shape index (κ2) is 8.79. The number of nitrogens with zero attached hydrogens (tertiary/aromatic N) is 4. The third kappa shape index (κ3) is 4.83. The van der Waals surface area contributed by atoms with Crippen molar-refractivity contribution >= 4 is 23.4 Å². The molecule has 1 aromatic heterocycles. The van der Waals surface area contributed by atoms with Gasteiger partial charge in [-0.05, 0) is 59.7 Å². The summed E-state index contributed by atoms with van der Waals surface area (Å²) in [7, 11) is 0. The number of aryl methyl sites for hydroxylation is 2. The minimum atomic E-state index is -2.89. The number of amides is 1. The van der Waals surface area contributed by atoms with Crippen molar-refractivity contribution in [2.24, 2.45) is 0 Å². The first-order valence-corrected chi connectivity index (χ1v) is 9.25. The summed E-state index contributed by atoms with van der Waals surface area (Å²) in [6.07, 6.45) is 0. The molecule has 0 saturated carbocycles. The number of anilines is 1. The third-order valence-corrected chi connectivity index (χ3v) is 4.71. The van der Waals surface area contributed by atoms with E-state index in [0.717, 1.165) is 16.8 Å². The number of alkyl halides is 2. The van der Waals surface area contributed by atoms with Gasteiger partial charge in [-0.15, -0.1) is 5.10 Å². The van der Waals surface area contributed by atoms with Crippen molar-refractivity contribution < 1.29 is 18.3 Å². The van der Waals surface area contributed by atoms with Gasteiger partial charge in [0, 0.05) is 5.69 Å². The van der Waals surface area contributed by atoms with Gasteiger partial charge in [0.1, 0.15) is 5.75 Å². The van der Waals surface area contributed by atoms with Crippen LogP contribution in [0.2, 0.25) is 0 Å². The molecule has 28 heavy (non-hydrogen) atoms. The molecule has 1 amide bonds. The van der Waals surface area contributed by atoms with Gasteiger partial charge in [-0.25, -0.2) is 0 Å². The average molecular weight is 405 g/mol.